The topological polar surface area (TPSA) is 0 Å². The summed E-state index contributed by atoms with van der Waals surface area (Å²) in [4.78, 5) is 0. The van der Waals surface area contributed by atoms with Crippen LogP contribution in [0, 0.1) is 0 Å². The van der Waals surface area contributed by atoms with Gasteiger partial charge < -0.3 is 0 Å². The molecule has 61 heavy (non-hydrogen) atoms. The monoisotopic (exact) mass is 839 g/mol. The van der Waals surface area contributed by atoms with Crippen molar-refractivity contribution in [1.29, 1.82) is 0 Å². The highest BCUT2D eigenvalue weighted by Crippen LogP contribution is 2.45. The van der Waals surface area contributed by atoms with Crippen molar-refractivity contribution in [2.45, 2.75) is 246 Å². The predicted molar refractivity (Wildman–Crippen MR) is 286 cm³/mol. The third-order valence-corrected chi connectivity index (χ3v) is 11.0. The van der Waals surface area contributed by atoms with Crippen molar-refractivity contribution in [3.05, 3.63) is 142 Å². The smallest absolute Gasteiger partial charge is 0.0100 e. The first-order valence-corrected chi connectivity index (χ1v) is 25.9. The van der Waals surface area contributed by atoms with E-state index < -0.39 is 0 Å². The van der Waals surface area contributed by atoms with Gasteiger partial charge in [-0.1, -0.05) is 249 Å². The molecule has 350 valence electrons. The van der Waals surface area contributed by atoms with Crippen LogP contribution in [0.15, 0.2) is 97.1 Å². The van der Waals surface area contributed by atoms with Crippen LogP contribution in [0.3, 0.4) is 0 Å². The molecule has 4 aliphatic rings. The SMILES string of the molecule is CC.CC.CC.CC.CC.CC.CC.CC.CC1(C)CCC(C)(C)c2ccccc21.CC1(C)CCCc2ccccc21.c1ccc2c(c1)CCC2.c1ccc2c(c1)CCCC2. The van der Waals surface area contributed by atoms with Crippen molar-refractivity contribution in [2.75, 3.05) is 0 Å². The molecule has 0 saturated carbocycles. The Morgan fingerprint density at radius 1 is 0.246 bits per heavy atom. The van der Waals surface area contributed by atoms with E-state index in [1.54, 1.807) is 44.5 Å². The molecule has 0 saturated heterocycles. The molecule has 8 rings (SSSR count). The molecule has 0 radical (unpaired) electrons. The van der Waals surface area contributed by atoms with Gasteiger partial charge in [-0.15, -0.1) is 0 Å². The maximum absolute atomic E-state index is 2.36. The van der Waals surface area contributed by atoms with Crippen LogP contribution in [0.2, 0.25) is 0 Å². The molecule has 0 fully saturated rings. The van der Waals surface area contributed by atoms with Gasteiger partial charge in [0.15, 0.2) is 0 Å². The van der Waals surface area contributed by atoms with Crippen LogP contribution < -0.4 is 0 Å². The number of hydrogen-bond acceptors (Lipinski definition) is 0. The van der Waals surface area contributed by atoms with Crippen molar-refractivity contribution in [1.82, 2.24) is 0 Å². The molecule has 0 bridgehead atoms. The Morgan fingerprint density at radius 3 is 0.787 bits per heavy atom. The molecule has 4 aliphatic carbocycles. The molecule has 0 nitrogen and oxygen atoms in total. The highest BCUT2D eigenvalue weighted by molar-refractivity contribution is 5.41. The highest BCUT2D eigenvalue weighted by atomic mass is 14.4. The summed E-state index contributed by atoms with van der Waals surface area (Å²) < 4.78 is 0. The molecule has 0 aromatic heterocycles. The fraction of sp³-hybridized carbons (Fsp3) is 0.607. The van der Waals surface area contributed by atoms with Gasteiger partial charge in [0.2, 0.25) is 0 Å². The third kappa shape index (κ3) is 23.2. The van der Waals surface area contributed by atoms with E-state index in [1.165, 1.54) is 77.0 Å². The van der Waals surface area contributed by atoms with Gasteiger partial charge in [-0.3, -0.25) is 0 Å². The summed E-state index contributed by atoms with van der Waals surface area (Å²) in [6.07, 6.45) is 15.9. The van der Waals surface area contributed by atoms with Gasteiger partial charge in [0.05, 0.1) is 0 Å². The van der Waals surface area contributed by atoms with Gasteiger partial charge in [0.25, 0.3) is 0 Å². The molecule has 0 N–H and O–H groups in total. The number of aryl methyl sites for hydroxylation is 5. The minimum atomic E-state index is 0.367. The van der Waals surface area contributed by atoms with E-state index in [9.17, 15) is 0 Å². The minimum absolute atomic E-state index is 0.367. The number of rotatable bonds is 0. The van der Waals surface area contributed by atoms with Gasteiger partial charge in [-0.2, -0.15) is 0 Å². The van der Waals surface area contributed by atoms with Gasteiger partial charge in [-0.25, -0.2) is 0 Å². The maximum Gasteiger partial charge on any atom is -0.0100 e. The lowest BCUT2D eigenvalue weighted by molar-refractivity contribution is 0.332. The summed E-state index contributed by atoms with van der Waals surface area (Å²) in [7, 11) is 0. The Labute approximate surface area is 385 Å². The molecule has 0 spiro atoms. The Bertz CT molecular complexity index is 1450. The average molecular weight is 840 g/mol. The third-order valence-electron chi connectivity index (χ3n) is 11.0. The number of benzene rings is 4. The van der Waals surface area contributed by atoms with Crippen molar-refractivity contribution in [3.63, 3.8) is 0 Å². The second-order valence-corrected chi connectivity index (χ2v) is 15.8. The van der Waals surface area contributed by atoms with E-state index in [0.717, 1.165) is 0 Å². The Balaban J connectivity index is -0.000000321. The number of fused-ring (bicyclic) bond motifs is 4. The molecule has 0 aliphatic heterocycles. The zero-order chi connectivity index (χ0) is 47.9. The number of hydrogen-bond donors (Lipinski definition) is 0. The predicted octanol–water partition coefficient (Wildman–Crippen LogP) is 20.3. The quantitative estimate of drug-likeness (QED) is 0.165. The van der Waals surface area contributed by atoms with Crippen molar-refractivity contribution in [3.8, 4) is 0 Å². The zero-order valence-corrected chi connectivity index (χ0v) is 45.2. The first kappa shape index (κ1) is 64.5. The first-order chi connectivity index (χ1) is 29.6. The molecule has 4 aromatic carbocycles. The summed E-state index contributed by atoms with van der Waals surface area (Å²) in [6.45, 7) is 46.2. The average Bonchev–Trinajstić information content (AvgIpc) is 3.83. The second kappa shape index (κ2) is 39.7. The minimum Gasteiger partial charge on any atom is -0.0683 e. The van der Waals surface area contributed by atoms with E-state index in [0.29, 0.717) is 16.2 Å². The van der Waals surface area contributed by atoms with Crippen LogP contribution in [-0.2, 0) is 48.3 Å². The second-order valence-electron chi connectivity index (χ2n) is 15.8. The fourth-order valence-corrected chi connectivity index (χ4v) is 8.00. The van der Waals surface area contributed by atoms with Gasteiger partial charge in [0.1, 0.15) is 0 Å². The van der Waals surface area contributed by atoms with Crippen molar-refractivity contribution in [2.24, 2.45) is 0 Å². The van der Waals surface area contributed by atoms with E-state index in [4.69, 9.17) is 0 Å². The zero-order valence-electron chi connectivity index (χ0n) is 45.2. The standard InChI is InChI=1S/C14H20.C12H16.C10H12.C9H10.8C2H6/c1-13(2)9-10-14(3,4)12-8-6-5-7-11(12)13;1-12(2)9-5-7-10-6-3-4-8-11(10)12;1-2-6-10-8-4-3-7-9(10)5-1;1-2-5-9-7-3-6-8(9)4-1;8*1-2/h5-8H,9-10H2,1-4H3;3-4,6,8H,5,7,9H2,1-2H3;1-2,5-6H,3-4,7-8H2;1-2,4-5H,3,6-7H2;8*1-2H3. The van der Waals surface area contributed by atoms with Crippen molar-refractivity contribution >= 4 is 0 Å². The largest absolute Gasteiger partial charge is 0.0683 e. The van der Waals surface area contributed by atoms with Crippen LogP contribution in [-0.4, -0.2) is 0 Å². The van der Waals surface area contributed by atoms with Crippen LogP contribution in [0.25, 0.3) is 0 Å². The molecule has 4 aromatic rings. The normalized spacial score (nSPS) is 15.0. The van der Waals surface area contributed by atoms with Crippen LogP contribution in [0.1, 0.15) is 242 Å². The van der Waals surface area contributed by atoms with Crippen molar-refractivity contribution < 1.29 is 0 Å². The van der Waals surface area contributed by atoms with Gasteiger partial charge in [-0.05, 0) is 138 Å². The summed E-state index contributed by atoms with van der Waals surface area (Å²) in [5, 5.41) is 0. The van der Waals surface area contributed by atoms with E-state index in [2.05, 4.69) is 139 Å². The van der Waals surface area contributed by atoms with Crippen LogP contribution in [0.4, 0.5) is 0 Å². The molecular formula is C61H106. The van der Waals surface area contributed by atoms with Crippen LogP contribution >= 0.6 is 0 Å². The highest BCUT2D eigenvalue weighted by Gasteiger charge is 2.36. The van der Waals surface area contributed by atoms with E-state index in [-0.39, 0.29) is 0 Å². The van der Waals surface area contributed by atoms with E-state index in [1.807, 2.05) is 111 Å². The lowest BCUT2D eigenvalue weighted by Crippen LogP contribution is -2.33. The molecule has 0 unspecified atom stereocenters. The Morgan fingerprint density at radius 2 is 0.475 bits per heavy atom. The van der Waals surface area contributed by atoms with E-state index >= 15 is 0 Å². The van der Waals surface area contributed by atoms with Gasteiger partial charge in [0, 0.05) is 0 Å². The Kier molecular flexibility index (Phi) is 42.0. The summed E-state index contributed by atoms with van der Waals surface area (Å²) >= 11 is 0. The summed E-state index contributed by atoms with van der Waals surface area (Å²) in [5.74, 6) is 0. The summed E-state index contributed by atoms with van der Waals surface area (Å²) in [5.41, 5.74) is 13.7. The maximum atomic E-state index is 2.36. The lowest BCUT2D eigenvalue weighted by Gasteiger charge is -2.41. The Hall–Kier alpha value is -3.12. The van der Waals surface area contributed by atoms with Gasteiger partial charge >= 0.3 is 0 Å². The first-order valence-electron chi connectivity index (χ1n) is 25.9. The molecule has 0 atom stereocenters. The molecule has 0 heteroatoms. The lowest BCUT2D eigenvalue weighted by atomic mass is 9.63. The fourth-order valence-electron chi connectivity index (χ4n) is 8.00. The summed E-state index contributed by atoms with van der Waals surface area (Å²) in [6, 6.07) is 35.4. The molecule has 0 heterocycles. The van der Waals surface area contributed by atoms with Crippen LogP contribution in [0.5, 0.6) is 0 Å². The molecule has 0 amide bonds. The molecular weight excluding hydrogens is 733 g/mol.